The fourth-order valence-corrected chi connectivity index (χ4v) is 2.88. The lowest BCUT2D eigenvalue weighted by molar-refractivity contribution is -0.159. The van der Waals surface area contributed by atoms with Crippen molar-refractivity contribution >= 4 is 38.8 Å². The summed E-state index contributed by atoms with van der Waals surface area (Å²) in [4.78, 5) is 21.5. The zero-order valence-electron chi connectivity index (χ0n) is 11.8. The van der Waals surface area contributed by atoms with Gasteiger partial charge in [0, 0.05) is 21.6 Å². The van der Waals surface area contributed by atoms with E-state index in [1.54, 1.807) is 0 Å². The summed E-state index contributed by atoms with van der Waals surface area (Å²) in [6, 6.07) is 6.43. The van der Waals surface area contributed by atoms with Crippen LogP contribution in [-0.4, -0.2) is 40.2 Å². The molecule has 1 unspecified atom stereocenters. The van der Waals surface area contributed by atoms with Gasteiger partial charge in [-0.05, 0) is 55.6 Å². The number of hydrogen-bond acceptors (Lipinski definition) is 3. The molecule has 1 aliphatic rings. The number of hydrogen-bond donors (Lipinski definition) is 4. The van der Waals surface area contributed by atoms with E-state index in [0.29, 0.717) is 0 Å². The van der Waals surface area contributed by atoms with Crippen LogP contribution in [0.1, 0.15) is 12.0 Å². The lowest BCUT2D eigenvalue weighted by Crippen LogP contribution is -2.10. The zero-order valence-corrected chi connectivity index (χ0v) is 13.4. The Hall–Kier alpha value is -1.86. The molecule has 118 valence electrons. The molecule has 1 aromatic carbocycles. The summed E-state index contributed by atoms with van der Waals surface area (Å²) in [6.07, 6.45) is 4.65. The van der Waals surface area contributed by atoms with Gasteiger partial charge in [-0.15, -0.1) is 0 Å². The topological polar surface area (TPSA) is 102 Å². The van der Waals surface area contributed by atoms with E-state index in [0.717, 1.165) is 10.4 Å². The van der Waals surface area contributed by atoms with Gasteiger partial charge in [0.25, 0.3) is 0 Å². The number of aromatic nitrogens is 1. The second-order valence-corrected chi connectivity index (χ2v) is 6.09. The summed E-state index contributed by atoms with van der Waals surface area (Å²) in [7, 11) is 0. The smallest absolute Gasteiger partial charge is 0.414 e. The lowest BCUT2D eigenvalue weighted by Gasteiger charge is -2.06. The fourth-order valence-electron chi connectivity index (χ4n) is 2.52. The summed E-state index contributed by atoms with van der Waals surface area (Å²) in [5.74, 6) is -2.84. The molecule has 0 aliphatic carbocycles. The van der Waals surface area contributed by atoms with Crippen LogP contribution in [0, 0.1) is 5.92 Å². The van der Waals surface area contributed by atoms with Crippen molar-refractivity contribution in [2.45, 2.75) is 12.8 Å². The van der Waals surface area contributed by atoms with Crippen LogP contribution in [0.3, 0.4) is 0 Å². The van der Waals surface area contributed by atoms with Gasteiger partial charge in [-0.3, -0.25) is 0 Å². The molecule has 3 rings (SSSR count). The average molecular weight is 369 g/mol. The molecule has 1 fully saturated rings. The molecule has 6 nitrogen and oxygen atoms in total. The number of carboxylic acids is 2. The highest BCUT2D eigenvalue weighted by molar-refractivity contribution is 9.10. The summed E-state index contributed by atoms with van der Waals surface area (Å²) >= 11 is 3.54. The first kappa shape index (κ1) is 16.5. The molecule has 1 saturated heterocycles. The number of carbonyl (C=O) groups is 2. The maximum atomic E-state index is 9.10. The van der Waals surface area contributed by atoms with Gasteiger partial charge < -0.3 is 20.5 Å². The van der Waals surface area contributed by atoms with Crippen LogP contribution in [0.5, 0.6) is 0 Å². The third kappa shape index (κ3) is 4.32. The van der Waals surface area contributed by atoms with Crippen molar-refractivity contribution in [3.8, 4) is 0 Å². The number of halogens is 1. The molecule has 0 spiro atoms. The fraction of sp³-hybridized carbons (Fsp3) is 0.333. The van der Waals surface area contributed by atoms with Gasteiger partial charge in [0.05, 0.1) is 0 Å². The highest BCUT2D eigenvalue weighted by atomic mass is 79.9. The standard InChI is InChI=1S/C13H15BrN2.C2H2O4/c14-11-1-2-13-12(6-11)10(8-16-13)5-9-3-4-15-7-9;3-1(4)2(5)6/h1-2,6,8-9,15-16H,3-5,7H2;(H,3,4)(H,5,6). The molecule has 0 saturated carbocycles. The predicted octanol–water partition coefficient (Wildman–Crippen LogP) is 2.24. The third-order valence-electron chi connectivity index (χ3n) is 3.58. The predicted molar refractivity (Wildman–Crippen MR) is 86.0 cm³/mol. The normalized spacial score (nSPS) is 17.0. The number of aliphatic carboxylic acids is 2. The Morgan fingerprint density at radius 2 is 2.00 bits per heavy atom. The Morgan fingerprint density at radius 1 is 1.27 bits per heavy atom. The van der Waals surface area contributed by atoms with Crippen molar-refractivity contribution in [1.29, 1.82) is 0 Å². The number of benzene rings is 1. The quantitative estimate of drug-likeness (QED) is 0.608. The number of rotatable bonds is 2. The van der Waals surface area contributed by atoms with E-state index < -0.39 is 11.9 Å². The monoisotopic (exact) mass is 368 g/mol. The van der Waals surface area contributed by atoms with E-state index in [-0.39, 0.29) is 0 Å². The van der Waals surface area contributed by atoms with Gasteiger partial charge >= 0.3 is 11.9 Å². The largest absolute Gasteiger partial charge is 0.473 e. The first-order valence-electron chi connectivity index (χ1n) is 6.90. The molecule has 0 amide bonds. The molecule has 2 heterocycles. The molecule has 0 radical (unpaired) electrons. The van der Waals surface area contributed by atoms with Crippen LogP contribution >= 0.6 is 15.9 Å². The van der Waals surface area contributed by atoms with E-state index in [9.17, 15) is 0 Å². The van der Waals surface area contributed by atoms with Crippen molar-refractivity contribution in [3.63, 3.8) is 0 Å². The van der Waals surface area contributed by atoms with Crippen molar-refractivity contribution in [3.05, 3.63) is 34.4 Å². The van der Waals surface area contributed by atoms with E-state index in [1.165, 1.54) is 42.4 Å². The molecule has 4 N–H and O–H groups in total. The molecule has 0 bridgehead atoms. The Labute approximate surface area is 135 Å². The number of nitrogens with one attached hydrogen (secondary N) is 2. The maximum absolute atomic E-state index is 9.10. The summed E-state index contributed by atoms with van der Waals surface area (Å²) in [6.45, 7) is 2.34. The average Bonchev–Trinajstić information content (AvgIpc) is 3.10. The second kappa shape index (κ2) is 7.42. The third-order valence-corrected chi connectivity index (χ3v) is 4.08. The van der Waals surface area contributed by atoms with Crippen molar-refractivity contribution in [1.82, 2.24) is 10.3 Å². The Kier molecular flexibility index (Phi) is 5.57. The highest BCUT2D eigenvalue weighted by Crippen LogP contribution is 2.25. The van der Waals surface area contributed by atoms with E-state index in [2.05, 4.69) is 50.6 Å². The first-order chi connectivity index (χ1) is 10.5. The SMILES string of the molecule is Brc1ccc2[nH]cc(CC3CCNC3)c2c1.O=C(O)C(=O)O. The Bertz CT molecular complexity index is 665. The molecule has 1 aliphatic heterocycles. The van der Waals surface area contributed by atoms with Crippen LogP contribution in [0.4, 0.5) is 0 Å². The minimum absolute atomic E-state index is 0.804. The summed E-state index contributed by atoms with van der Waals surface area (Å²) < 4.78 is 1.16. The number of aromatic amines is 1. The molecule has 7 heteroatoms. The molecule has 1 atom stereocenters. The highest BCUT2D eigenvalue weighted by Gasteiger charge is 2.16. The number of carboxylic acid groups (broad SMARTS) is 2. The first-order valence-corrected chi connectivity index (χ1v) is 7.69. The number of H-pyrrole nitrogens is 1. The molecule has 1 aromatic heterocycles. The van der Waals surface area contributed by atoms with Gasteiger partial charge in [-0.2, -0.15) is 0 Å². The minimum atomic E-state index is -1.82. The summed E-state index contributed by atoms with van der Waals surface area (Å²) in [5.41, 5.74) is 2.69. The molecular weight excluding hydrogens is 352 g/mol. The molecular formula is C15H17BrN2O4. The van der Waals surface area contributed by atoms with Crippen molar-refractivity contribution < 1.29 is 19.8 Å². The number of fused-ring (bicyclic) bond motifs is 1. The van der Waals surface area contributed by atoms with Crippen molar-refractivity contribution in [2.24, 2.45) is 5.92 Å². The van der Waals surface area contributed by atoms with E-state index in [4.69, 9.17) is 19.8 Å². The van der Waals surface area contributed by atoms with Crippen molar-refractivity contribution in [2.75, 3.05) is 13.1 Å². The zero-order chi connectivity index (χ0) is 16.1. The molecule has 2 aromatic rings. The maximum Gasteiger partial charge on any atom is 0.414 e. The van der Waals surface area contributed by atoms with Crippen LogP contribution < -0.4 is 5.32 Å². The van der Waals surface area contributed by atoms with Crippen LogP contribution in [-0.2, 0) is 16.0 Å². The molecule has 22 heavy (non-hydrogen) atoms. The van der Waals surface area contributed by atoms with Gasteiger partial charge in [0.2, 0.25) is 0 Å². The van der Waals surface area contributed by atoms with E-state index >= 15 is 0 Å². The Balaban J connectivity index is 0.000000254. The van der Waals surface area contributed by atoms with Gasteiger partial charge in [-0.25, -0.2) is 9.59 Å². The van der Waals surface area contributed by atoms with Gasteiger partial charge in [-0.1, -0.05) is 15.9 Å². The minimum Gasteiger partial charge on any atom is -0.473 e. The second-order valence-electron chi connectivity index (χ2n) is 5.18. The van der Waals surface area contributed by atoms with Crippen LogP contribution in [0.15, 0.2) is 28.9 Å². The van der Waals surface area contributed by atoms with Crippen LogP contribution in [0.2, 0.25) is 0 Å². The van der Waals surface area contributed by atoms with Gasteiger partial charge in [0.15, 0.2) is 0 Å². The lowest BCUT2D eigenvalue weighted by atomic mass is 9.98. The Morgan fingerprint density at radius 3 is 2.59 bits per heavy atom. The van der Waals surface area contributed by atoms with Gasteiger partial charge in [0.1, 0.15) is 0 Å². The van der Waals surface area contributed by atoms with Crippen LogP contribution in [0.25, 0.3) is 10.9 Å². The van der Waals surface area contributed by atoms with E-state index in [1.807, 2.05) is 0 Å². The summed E-state index contributed by atoms with van der Waals surface area (Å²) in [5, 5.41) is 19.6.